The molecule has 2 heterocycles. The second-order valence-corrected chi connectivity index (χ2v) is 5.92. The van der Waals surface area contributed by atoms with Crippen LogP contribution in [0.2, 0.25) is 0 Å². The van der Waals surface area contributed by atoms with Crippen LogP contribution >= 0.6 is 0 Å². The van der Waals surface area contributed by atoms with Gasteiger partial charge in [0.2, 0.25) is 0 Å². The number of hydrogen-bond acceptors (Lipinski definition) is 2. The van der Waals surface area contributed by atoms with Gasteiger partial charge in [0.25, 0.3) is 0 Å². The van der Waals surface area contributed by atoms with Crippen molar-refractivity contribution in [2.24, 2.45) is 0 Å². The summed E-state index contributed by atoms with van der Waals surface area (Å²) in [6.07, 6.45) is 6.51. The molecule has 3 heteroatoms. The molecule has 0 radical (unpaired) electrons. The molecule has 21 heavy (non-hydrogen) atoms. The zero-order chi connectivity index (χ0) is 14.7. The minimum atomic E-state index is 0.533. The Morgan fingerprint density at radius 3 is 2.90 bits per heavy atom. The van der Waals surface area contributed by atoms with Crippen LogP contribution in [-0.4, -0.2) is 16.3 Å². The SMILES string of the molecule is CCC(CC)n1ccc(Cc2cccc3c2CNCC3)n1. The van der Waals surface area contributed by atoms with Crippen LogP contribution in [0.4, 0.5) is 0 Å². The van der Waals surface area contributed by atoms with Crippen LogP contribution in [0.5, 0.6) is 0 Å². The second-order valence-electron chi connectivity index (χ2n) is 5.92. The third kappa shape index (κ3) is 3.03. The molecule has 0 spiro atoms. The lowest BCUT2D eigenvalue weighted by Crippen LogP contribution is -2.24. The Morgan fingerprint density at radius 2 is 2.10 bits per heavy atom. The number of aromatic nitrogens is 2. The van der Waals surface area contributed by atoms with Gasteiger partial charge in [0.15, 0.2) is 0 Å². The van der Waals surface area contributed by atoms with E-state index >= 15 is 0 Å². The van der Waals surface area contributed by atoms with E-state index in [4.69, 9.17) is 5.10 Å². The minimum Gasteiger partial charge on any atom is -0.312 e. The van der Waals surface area contributed by atoms with Gasteiger partial charge in [-0.2, -0.15) is 5.10 Å². The Bertz CT molecular complexity index is 596. The van der Waals surface area contributed by atoms with Gasteiger partial charge in [-0.05, 0) is 48.6 Å². The van der Waals surface area contributed by atoms with Crippen molar-refractivity contribution in [1.82, 2.24) is 15.1 Å². The van der Waals surface area contributed by atoms with Crippen LogP contribution < -0.4 is 5.32 Å². The lowest BCUT2D eigenvalue weighted by Gasteiger charge is -2.20. The van der Waals surface area contributed by atoms with Crippen molar-refractivity contribution in [3.05, 3.63) is 52.8 Å². The lowest BCUT2D eigenvalue weighted by molar-refractivity contribution is 0.426. The molecule has 1 aliphatic heterocycles. The topological polar surface area (TPSA) is 29.9 Å². The van der Waals surface area contributed by atoms with E-state index in [2.05, 4.69) is 54.3 Å². The number of nitrogens with zero attached hydrogens (tertiary/aromatic N) is 2. The molecule has 0 fully saturated rings. The van der Waals surface area contributed by atoms with Crippen LogP contribution in [-0.2, 0) is 19.4 Å². The van der Waals surface area contributed by atoms with Crippen LogP contribution in [0.15, 0.2) is 30.5 Å². The van der Waals surface area contributed by atoms with Gasteiger partial charge < -0.3 is 5.32 Å². The van der Waals surface area contributed by atoms with E-state index in [-0.39, 0.29) is 0 Å². The molecular formula is C18H25N3. The number of rotatable bonds is 5. The molecule has 0 bridgehead atoms. The minimum absolute atomic E-state index is 0.533. The van der Waals surface area contributed by atoms with Gasteiger partial charge in [-0.15, -0.1) is 0 Å². The average Bonchev–Trinajstić information content (AvgIpc) is 2.97. The van der Waals surface area contributed by atoms with Gasteiger partial charge in [0.1, 0.15) is 0 Å². The fourth-order valence-corrected chi connectivity index (χ4v) is 3.28. The summed E-state index contributed by atoms with van der Waals surface area (Å²) >= 11 is 0. The number of hydrogen-bond donors (Lipinski definition) is 1. The van der Waals surface area contributed by atoms with Crippen molar-refractivity contribution >= 4 is 0 Å². The van der Waals surface area contributed by atoms with Gasteiger partial charge in [-0.25, -0.2) is 0 Å². The molecule has 0 saturated heterocycles. The van der Waals surface area contributed by atoms with Gasteiger partial charge in [-0.3, -0.25) is 4.68 Å². The van der Waals surface area contributed by atoms with Crippen molar-refractivity contribution < 1.29 is 0 Å². The van der Waals surface area contributed by atoms with Crippen LogP contribution in [0.3, 0.4) is 0 Å². The smallest absolute Gasteiger partial charge is 0.0668 e. The summed E-state index contributed by atoms with van der Waals surface area (Å²) in [6, 6.07) is 9.42. The van der Waals surface area contributed by atoms with E-state index in [0.717, 1.165) is 38.8 Å². The molecule has 0 atom stereocenters. The molecule has 112 valence electrons. The predicted molar refractivity (Wildman–Crippen MR) is 86.5 cm³/mol. The van der Waals surface area contributed by atoms with E-state index in [1.807, 2.05) is 0 Å². The highest BCUT2D eigenvalue weighted by molar-refractivity contribution is 5.38. The first-order valence-corrected chi connectivity index (χ1v) is 8.16. The van der Waals surface area contributed by atoms with Gasteiger partial charge in [0.05, 0.1) is 11.7 Å². The molecule has 0 aliphatic carbocycles. The maximum Gasteiger partial charge on any atom is 0.0668 e. The highest BCUT2D eigenvalue weighted by atomic mass is 15.3. The summed E-state index contributed by atoms with van der Waals surface area (Å²) in [7, 11) is 0. The largest absolute Gasteiger partial charge is 0.312 e. The summed E-state index contributed by atoms with van der Waals surface area (Å²) in [5, 5.41) is 8.28. The summed E-state index contributed by atoms with van der Waals surface area (Å²) < 4.78 is 2.14. The van der Waals surface area contributed by atoms with Crippen molar-refractivity contribution in [2.75, 3.05) is 6.54 Å². The van der Waals surface area contributed by atoms with Crippen LogP contribution in [0.1, 0.15) is 55.1 Å². The standard InChI is InChI=1S/C18H25N3/c1-3-17(4-2)21-11-9-16(20-21)12-15-7-5-6-14-8-10-19-13-18(14)15/h5-7,9,11,17,19H,3-4,8,10,12-13H2,1-2H3. The van der Waals surface area contributed by atoms with E-state index < -0.39 is 0 Å². The summed E-state index contributed by atoms with van der Waals surface area (Å²) in [5.74, 6) is 0. The lowest BCUT2D eigenvalue weighted by atomic mass is 9.94. The highest BCUT2D eigenvalue weighted by Crippen LogP contribution is 2.22. The van der Waals surface area contributed by atoms with Crippen molar-refractivity contribution in [3.63, 3.8) is 0 Å². The quantitative estimate of drug-likeness (QED) is 0.910. The van der Waals surface area contributed by atoms with Gasteiger partial charge >= 0.3 is 0 Å². The maximum atomic E-state index is 4.79. The molecule has 0 saturated carbocycles. The summed E-state index contributed by atoms with van der Waals surface area (Å²) in [6.45, 7) is 6.56. The van der Waals surface area contributed by atoms with Gasteiger partial charge in [-0.1, -0.05) is 32.0 Å². The van der Waals surface area contributed by atoms with E-state index in [1.54, 1.807) is 0 Å². The highest BCUT2D eigenvalue weighted by Gasteiger charge is 2.14. The Labute approximate surface area is 127 Å². The fourth-order valence-electron chi connectivity index (χ4n) is 3.28. The fraction of sp³-hybridized carbons (Fsp3) is 0.500. The number of nitrogens with one attached hydrogen (secondary N) is 1. The van der Waals surface area contributed by atoms with E-state index in [0.29, 0.717) is 6.04 Å². The summed E-state index contributed by atoms with van der Waals surface area (Å²) in [5.41, 5.74) is 5.60. The molecule has 0 amide bonds. The monoisotopic (exact) mass is 283 g/mol. The molecule has 3 nitrogen and oxygen atoms in total. The Kier molecular flexibility index (Phi) is 4.39. The molecule has 1 aromatic heterocycles. The molecule has 2 aromatic rings. The van der Waals surface area contributed by atoms with Crippen LogP contribution in [0.25, 0.3) is 0 Å². The molecular weight excluding hydrogens is 258 g/mol. The normalized spacial score (nSPS) is 14.4. The summed E-state index contributed by atoms with van der Waals surface area (Å²) in [4.78, 5) is 0. The Morgan fingerprint density at radius 1 is 1.24 bits per heavy atom. The first-order chi connectivity index (χ1) is 10.3. The average molecular weight is 283 g/mol. The van der Waals surface area contributed by atoms with E-state index in [1.165, 1.54) is 22.4 Å². The van der Waals surface area contributed by atoms with Crippen molar-refractivity contribution in [3.8, 4) is 0 Å². The van der Waals surface area contributed by atoms with Gasteiger partial charge in [0, 0.05) is 19.2 Å². The predicted octanol–water partition coefficient (Wildman–Crippen LogP) is 3.48. The number of fused-ring (bicyclic) bond motifs is 1. The van der Waals surface area contributed by atoms with E-state index in [9.17, 15) is 0 Å². The third-order valence-electron chi connectivity index (χ3n) is 4.59. The Hall–Kier alpha value is -1.61. The van der Waals surface area contributed by atoms with Crippen molar-refractivity contribution in [1.29, 1.82) is 0 Å². The Balaban J connectivity index is 1.81. The molecule has 3 rings (SSSR count). The maximum absolute atomic E-state index is 4.79. The molecule has 0 unspecified atom stereocenters. The molecule has 1 N–H and O–H groups in total. The zero-order valence-electron chi connectivity index (χ0n) is 13.1. The first kappa shape index (κ1) is 14.3. The van der Waals surface area contributed by atoms with Crippen LogP contribution in [0, 0.1) is 0 Å². The molecule has 1 aliphatic rings. The zero-order valence-corrected chi connectivity index (χ0v) is 13.1. The third-order valence-corrected chi connectivity index (χ3v) is 4.59. The van der Waals surface area contributed by atoms with Crippen molar-refractivity contribution in [2.45, 2.75) is 52.1 Å². The first-order valence-electron chi connectivity index (χ1n) is 8.16. The number of benzene rings is 1. The molecule has 1 aromatic carbocycles. The second kappa shape index (κ2) is 6.44.